The molecule has 1 aliphatic rings. The van der Waals surface area contributed by atoms with Crippen LogP contribution in [0.2, 0.25) is 0 Å². The number of carbonyl (C=O) groups excluding carboxylic acids is 1. The smallest absolute Gasteiger partial charge is 0.257 e. The number of hydrogen-bond donors (Lipinski definition) is 2. The van der Waals surface area contributed by atoms with Crippen LogP contribution in [0.25, 0.3) is 0 Å². The van der Waals surface area contributed by atoms with Gasteiger partial charge in [-0.05, 0) is 50.0 Å². The highest BCUT2D eigenvalue weighted by Gasteiger charge is 2.17. The molecule has 0 radical (unpaired) electrons. The zero-order chi connectivity index (χ0) is 18.5. The maximum atomic E-state index is 12.4. The zero-order valence-corrected chi connectivity index (χ0v) is 16.0. The number of anilines is 2. The number of thiocarbonyl (C=S) groups is 1. The zero-order valence-electron chi connectivity index (χ0n) is 15.2. The number of carbonyl (C=O) groups is 1. The lowest BCUT2D eigenvalue weighted by Gasteiger charge is -2.35. The Morgan fingerprint density at radius 3 is 2.38 bits per heavy atom. The first-order valence-electron chi connectivity index (χ1n) is 8.75. The third-order valence-corrected chi connectivity index (χ3v) is 4.82. The van der Waals surface area contributed by atoms with Gasteiger partial charge < -0.3 is 15.1 Å². The Morgan fingerprint density at radius 2 is 1.65 bits per heavy atom. The summed E-state index contributed by atoms with van der Waals surface area (Å²) in [6.45, 7) is 5.91. The standard InChI is InChI=1S/C20H24N4OS/c1-15-7-3-4-8-16(15)19(25)22-20(26)21-17-9-5-6-10-18(17)24-13-11-23(2)12-14-24/h3-10H,11-14H2,1-2H3,(H2,21,22,25,26). The maximum Gasteiger partial charge on any atom is 0.257 e. The number of amides is 1. The normalized spacial score (nSPS) is 14.8. The quantitative estimate of drug-likeness (QED) is 0.816. The number of nitrogens with zero attached hydrogens (tertiary/aromatic N) is 2. The molecule has 1 fully saturated rings. The average Bonchev–Trinajstić information content (AvgIpc) is 2.63. The summed E-state index contributed by atoms with van der Waals surface area (Å²) in [5.41, 5.74) is 3.56. The van der Waals surface area contributed by atoms with Gasteiger partial charge in [0, 0.05) is 31.7 Å². The molecule has 136 valence electrons. The minimum absolute atomic E-state index is 0.197. The van der Waals surface area contributed by atoms with Crippen molar-refractivity contribution < 1.29 is 4.79 Å². The molecule has 0 bridgehead atoms. The van der Waals surface area contributed by atoms with E-state index in [0.717, 1.165) is 43.1 Å². The summed E-state index contributed by atoms with van der Waals surface area (Å²) in [7, 11) is 2.14. The number of rotatable bonds is 3. The molecule has 0 aromatic heterocycles. The minimum atomic E-state index is -0.197. The minimum Gasteiger partial charge on any atom is -0.367 e. The van der Waals surface area contributed by atoms with Crippen LogP contribution < -0.4 is 15.5 Å². The first-order chi connectivity index (χ1) is 12.5. The number of nitrogens with one attached hydrogen (secondary N) is 2. The van der Waals surface area contributed by atoms with Crippen LogP contribution in [0.1, 0.15) is 15.9 Å². The van der Waals surface area contributed by atoms with Gasteiger partial charge in [0.25, 0.3) is 5.91 Å². The summed E-state index contributed by atoms with van der Waals surface area (Å²) in [6.07, 6.45) is 0. The average molecular weight is 369 g/mol. The lowest BCUT2D eigenvalue weighted by atomic mass is 10.1. The van der Waals surface area contributed by atoms with Crippen LogP contribution >= 0.6 is 12.2 Å². The van der Waals surface area contributed by atoms with Crippen LogP contribution in [0.15, 0.2) is 48.5 Å². The summed E-state index contributed by atoms with van der Waals surface area (Å²) in [5, 5.41) is 6.27. The third-order valence-electron chi connectivity index (χ3n) is 4.61. The highest BCUT2D eigenvalue weighted by Crippen LogP contribution is 2.26. The summed E-state index contributed by atoms with van der Waals surface area (Å²) in [6, 6.07) is 15.5. The summed E-state index contributed by atoms with van der Waals surface area (Å²) < 4.78 is 0. The van der Waals surface area contributed by atoms with Gasteiger partial charge >= 0.3 is 0 Å². The van der Waals surface area contributed by atoms with Gasteiger partial charge in [0.15, 0.2) is 5.11 Å². The highest BCUT2D eigenvalue weighted by molar-refractivity contribution is 7.80. The van der Waals surface area contributed by atoms with Gasteiger partial charge in [-0.25, -0.2) is 0 Å². The van der Waals surface area contributed by atoms with E-state index in [1.54, 1.807) is 6.07 Å². The van der Waals surface area contributed by atoms with Crippen molar-refractivity contribution in [1.82, 2.24) is 10.2 Å². The van der Waals surface area contributed by atoms with E-state index in [2.05, 4.69) is 33.5 Å². The second-order valence-electron chi connectivity index (χ2n) is 6.53. The largest absolute Gasteiger partial charge is 0.367 e. The van der Waals surface area contributed by atoms with E-state index in [1.165, 1.54) is 0 Å². The number of aryl methyl sites for hydroxylation is 1. The first kappa shape index (κ1) is 18.4. The molecule has 5 nitrogen and oxygen atoms in total. The molecule has 2 N–H and O–H groups in total. The van der Waals surface area contributed by atoms with Crippen LogP contribution in [0, 0.1) is 6.92 Å². The number of likely N-dealkylation sites (N-methyl/N-ethyl adjacent to an activating group) is 1. The highest BCUT2D eigenvalue weighted by atomic mass is 32.1. The van der Waals surface area contributed by atoms with E-state index in [1.807, 2.05) is 43.3 Å². The Bertz CT molecular complexity index is 800. The Balaban J connectivity index is 1.68. The fourth-order valence-electron chi connectivity index (χ4n) is 3.05. The fourth-order valence-corrected chi connectivity index (χ4v) is 3.26. The predicted molar refractivity (Wildman–Crippen MR) is 111 cm³/mol. The first-order valence-corrected chi connectivity index (χ1v) is 9.16. The third kappa shape index (κ3) is 4.39. The molecule has 0 unspecified atom stereocenters. The molecule has 0 spiro atoms. The molecule has 26 heavy (non-hydrogen) atoms. The summed E-state index contributed by atoms with van der Waals surface area (Å²) in [5.74, 6) is -0.197. The van der Waals surface area contributed by atoms with Crippen LogP contribution in [0.5, 0.6) is 0 Å². The number of para-hydroxylation sites is 2. The number of piperazine rings is 1. The summed E-state index contributed by atoms with van der Waals surface area (Å²) >= 11 is 5.37. The van der Waals surface area contributed by atoms with Crippen LogP contribution in [-0.2, 0) is 0 Å². The molecule has 2 aromatic carbocycles. The van der Waals surface area contributed by atoms with Crippen molar-refractivity contribution in [2.24, 2.45) is 0 Å². The maximum absolute atomic E-state index is 12.4. The lowest BCUT2D eigenvalue weighted by molar-refractivity contribution is 0.0977. The van der Waals surface area contributed by atoms with Gasteiger partial charge in [0.05, 0.1) is 11.4 Å². The molecule has 0 atom stereocenters. The van der Waals surface area contributed by atoms with Crippen molar-refractivity contribution >= 4 is 34.6 Å². The van der Waals surface area contributed by atoms with E-state index >= 15 is 0 Å². The van der Waals surface area contributed by atoms with Crippen LogP contribution in [0.3, 0.4) is 0 Å². The Morgan fingerprint density at radius 1 is 1.00 bits per heavy atom. The number of benzene rings is 2. The van der Waals surface area contributed by atoms with Crippen LogP contribution in [0.4, 0.5) is 11.4 Å². The van der Waals surface area contributed by atoms with E-state index in [0.29, 0.717) is 10.7 Å². The Hall–Kier alpha value is -2.44. The Labute approximate surface area is 160 Å². The van der Waals surface area contributed by atoms with Crippen LogP contribution in [-0.4, -0.2) is 49.1 Å². The molecule has 1 amide bonds. The Kier molecular flexibility index (Phi) is 5.85. The molecule has 6 heteroatoms. The monoisotopic (exact) mass is 368 g/mol. The fraction of sp³-hybridized carbons (Fsp3) is 0.300. The van der Waals surface area contributed by atoms with Crippen molar-refractivity contribution in [1.29, 1.82) is 0 Å². The molecular weight excluding hydrogens is 344 g/mol. The van der Waals surface area contributed by atoms with Crippen molar-refractivity contribution in [3.05, 3.63) is 59.7 Å². The van der Waals surface area contributed by atoms with Gasteiger partial charge in [-0.2, -0.15) is 0 Å². The molecule has 2 aromatic rings. The van der Waals surface area contributed by atoms with Gasteiger partial charge in [-0.15, -0.1) is 0 Å². The van der Waals surface area contributed by atoms with Gasteiger partial charge in [0.1, 0.15) is 0 Å². The van der Waals surface area contributed by atoms with E-state index in [4.69, 9.17) is 12.2 Å². The molecule has 1 heterocycles. The van der Waals surface area contributed by atoms with Crippen molar-refractivity contribution in [2.75, 3.05) is 43.4 Å². The van der Waals surface area contributed by atoms with E-state index in [9.17, 15) is 4.79 Å². The predicted octanol–water partition coefficient (Wildman–Crippen LogP) is 2.87. The lowest BCUT2D eigenvalue weighted by Crippen LogP contribution is -2.45. The second kappa shape index (κ2) is 8.29. The van der Waals surface area contributed by atoms with Crippen molar-refractivity contribution in [3.8, 4) is 0 Å². The SMILES string of the molecule is Cc1ccccc1C(=O)NC(=S)Nc1ccccc1N1CCN(C)CC1. The molecular formula is C20H24N4OS. The molecule has 0 saturated carbocycles. The molecule has 1 saturated heterocycles. The van der Waals surface area contributed by atoms with E-state index < -0.39 is 0 Å². The van der Waals surface area contributed by atoms with Gasteiger partial charge in [-0.1, -0.05) is 30.3 Å². The van der Waals surface area contributed by atoms with Gasteiger partial charge in [0.2, 0.25) is 0 Å². The summed E-state index contributed by atoms with van der Waals surface area (Å²) in [4.78, 5) is 17.1. The topological polar surface area (TPSA) is 47.6 Å². The second-order valence-corrected chi connectivity index (χ2v) is 6.94. The molecule has 1 aliphatic heterocycles. The van der Waals surface area contributed by atoms with E-state index in [-0.39, 0.29) is 5.91 Å². The number of hydrogen-bond acceptors (Lipinski definition) is 4. The molecule has 0 aliphatic carbocycles. The van der Waals surface area contributed by atoms with Crippen molar-refractivity contribution in [2.45, 2.75) is 6.92 Å². The van der Waals surface area contributed by atoms with Crippen molar-refractivity contribution in [3.63, 3.8) is 0 Å². The molecule has 3 rings (SSSR count). The van der Waals surface area contributed by atoms with Gasteiger partial charge in [-0.3, -0.25) is 10.1 Å².